The van der Waals surface area contributed by atoms with Crippen molar-refractivity contribution in [2.24, 2.45) is 0 Å². The molecule has 1 aromatic carbocycles. The number of hydrazine groups is 1. The molecule has 0 spiro atoms. The Labute approximate surface area is 101 Å². The second kappa shape index (κ2) is 4.25. The van der Waals surface area contributed by atoms with Gasteiger partial charge in [0, 0.05) is 6.42 Å². The molecule has 98 valence electrons. The van der Waals surface area contributed by atoms with Gasteiger partial charge in [0.2, 0.25) is 5.66 Å². The zero-order valence-electron chi connectivity index (χ0n) is 9.21. The van der Waals surface area contributed by atoms with E-state index in [1.54, 1.807) is 6.07 Å². The number of hydrogen-bond acceptors (Lipinski definition) is 3. The smallest absolute Gasteiger partial charge is 0.426 e. The standard InChI is InChI=1S/C11H11F3N2O2/c12-11(13,14)10(15-16-10)8-3-1-2-7(6-8)4-5-9(17)18/h1-3,6,15-16H,4-5H2,(H,17,18). The molecule has 2 rings (SSSR count). The second-order valence-electron chi connectivity index (χ2n) is 4.09. The Balaban J connectivity index is 2.20. The molecule has 1 heterocycles. The maximum absolute atomic E-state index is 12.8. The van der Waals surface area contributed by atoms with Crippen molar-refractivity contribution in [3.63, 3.8) is 0 Å². The molecule has 0 radical (unpaired) electrons. The molecule has 1 aromatic rings. The lowest BCUT2D eigenvalue weighted by atomic mass is 9.99. The lowest BCUT2D eigenvalue weighted by molar-refractivity contribution is -0.165. The summed E-state index contributed by atoms with van der Waals surface area (Å²) in [5.74, 6) is -0.978. The molecule has 0 saturated carbocycles. The average Bonchev–Trinajstić information content (AvgIpc) is 3.07. The van der Waals surface area contributed by atoms with Crippen LogP contribution < -0.4 is 10.9 Å². The van der Waals surface area contributed by atoms with E-state index in [0.29, 0.717) is 5.56 Å². The van der Waals surface area contributed by atoms with Crippen molar-refractivity contribution in [3.8, 4) is 0 Å². The van der Waals surface area contributed by atoms with Gasteiger partial charge in [-0.15, -0.1) is 0 Å². The number of alkyl halides is 3. The van der Waals surface area contributed by atoms with E-state index in [0.717, 1.165) is 0 Å². The molecule has 0 aromatic heterocycles. The van der Waals surface area contributed by atoms with Crippen LogP contribution in [0.3, 0.4) is 0 Å². The molecule has 3 N–H and O–H groups in total. The summed E-state index contributed by atoms with van der Waals surface area (Å²) in [4.78, 5) is 10.4. The molecule has 4 nitrogen and oxygen atoms in total. The average molecular weight is 260 g/mol. The Morgan fingerprint density at radius 2 is 2.00 bits per heavy atom. The maximum atomic E-state index is 12.8. The zero-order chi connectivity index (χ0) is 13.4. The molecular formula is C11H11F3N2O2. The van der Waals surface area contributed by atoms with E-state index in [9.17, 15) is 18.0 Å². The van der Waals surface area contributed by atoms with Crippen LogP contribution in [-0.2, 0) is 16.9 Å². The van der Waals surface area contributed by atoms with Crippen LogP contribution in [0, 0.1) is 0 Å². The van der Waals surface area contributed by atoms with Crippen LogP contribution in [0.15, 0.2) is 24.3 Å². The van der Waals surface area contributed by atoms with Gasteiger partial charge < -0.3 is 5.11 Å². The van der Waals surface area contributed by atoms with Gasteiger partial charge in [0.1, 0.15) is 0 Å². The maximum Gasteiger partial charge on any atom is 0.426 e. The monoisotopic (exact) mass is 260 g/mol. The van der Waals surface area contributed by atoms with Crippen molar-refractivity contribution in [2.75, 3.05) is 0 Å². The molecule has 1 fully saturated rings. The van der Waals surface area contributed by atoms with Crippen molar-refractivity contribution < 1.29 is 23.1 Å². The summed E-state index contributed by atoms with van der Waals surface area (Å²) in [5, 5.41) is 8.54. The Morgan fingerprint density at radius 1 is 1.33 bits per heavy atom. The first kappa shape index (κ1) is 12.8. The number of carbonyl (C=O) groups is 1. The van der Waals surface area contributed by atoms with E-state index in [-0.39, 0.29) is 18.4 Å². The largest absolute Gasteiger partial charge is 0.481 e. The summed E-state index contributed by atoms with van der Waals surface area (Å²) in [6.45, 7) is 0. The van der Waals surface area contributed by atoms with Crippen LogP contribution in [0.4, 0.5) is 13.2 Å². The Kier molecular flexibility index (Phi) is 3.04. The minimum Gasteiger partial charge on any atom is -0.481 e. The first-order valence-electron chi connectivity index (χ1n) is 5.27. The van der Waals surface area contributed by atoms with Gasteiger partial charge in [0.15, 0.2) is 0 Å². The Hall–Kier alpha value is -1.60. The van der Waals surface area contributed by atoms with Gasteiger partial charge in [-0.3, -0.25) is 4.79 Å². The SMILES string of the molecule is O=C(O)CCc1cccc(C2(C(F)(F)F)NN2)c1. The van der Waals surface area contributed by atoms with Gasteiger partial charge in [-0.2, -0.15) is 13.2 Å². The number of carboxylic acid groups (broad SMARTS) is 1. The van der Waals surface area contributed by atoms with Crippen molar-refractivity contribution in [3.05, 3.63) is 35.4 Å². The van der Waals surface area contributed by atoms with Gasteiger partial charge in [-0.25, -0.2) is 10.9 Å². The minimum atomic E-state index is -4.45. The molecule has 0 bridgehead atoms. The van der Waals surface area contributed by atoms with Crippen LogP contribution in [0.2, 0.25) is 0 Å². The first-order valence-corrected chi connectivity index (χ1v) is 5.27. The highest BCUT2D eigenvalue weighted by Crippen LogP contribution is 2.42. The summed E-state index contributed by atoms with van der Waals surface area (Å²) in [5.41, 5.74) is 2.63. The normalized spacial score (nSPS) is 17.5. The van der Waals surface area contributed by atoms with Crippen molar-refractivity contribution in [2.45, 2.75) is 24.7 Å². The predicted molar refractivity (Wildman–Crippen MR) is 56.4 cm³/mol. The lowest BCUT2D eigenvalue weighted by Crippen LogP contribution is -2.34. The van der Waals surface area contributed by atoms with Crippen LogP contribution in [0.25, 0.3) is 0 Å². The highest BCUT2D eigenvalue weighted by atomic mass is 19.4. The van der Waals surface area contributed by atoms with Crippen LogP contribution in [0.5, 0.6) is 0 Å². The van der Waals surface area contributed by atoms with E-state index in [1.165, 1.54) is 18.2 Å². The number of rotatable bonds is 4. The second-order valence-corrected chi connectivity index (χ2v) is 4.09. The van der Waals surface area contributed by atoms with Gasteiger partial charge in [-0.1, -0.05) is 24.3 Å². The third kappa shape index (κ3) is 2.32. The fraction of sp³-hybridized carbons (Fsp3) is 0.364. The summed E-state index contributed by atoms with van der Waals surface area (Å²) in [6, 6.07) is 5.81. The van der Waals surface area contributed by atoms with E-state index >= 15 is 0 Å². The predicted octanol–water partition coefficient (Wildman–Crippen LogP) is 1.53. The van der Waals surface area contributed by atoms with Crippen molar-refractivity contribution in [1.82, 2.24) is 10.9 Å². The molecule has 7 heteroatoms. The summed E-state index contributed by atoms with van der Waals surface area (Å²) >= 11 is 0. The number of hydrogen-bond donors (Lipinski definition) is 3. The highest BCUT2D eigenvalue weighted by molar-refractivity contribution is 5.67. The minimum absolute atomic E-state index is 0.0397. The first-order chi connectivity index (χ1) is 8.35. The van der Waals surface area contributed by atoms with E-state index in [1.807, 2.05) is 0 Å². The molecule has 0 aliphatic carbocycles. The zero-order valence-corrected chi connectivity index (χ0v) is 9.21. The molecule has 18 heavy (non-hydrogen) atoms. The Morgan fingerprint density at radius 3 is 2.50 bits per heavy atom. The number of benzene rings is 1. The number of halogens is 3. The van der Waals surface area contributed by atoms with Crippen molar-refractivity contribution >= 4 is 5.97 Å². The van der Waals surface area contributed by atoms with E-state index in [4.69, 9.17) is 5.11 Å². The molecule has 0 amide bonds. The molecule has 0 atom stereocenters. The lowest BCUT2D eigenvalue weighted by Gasteiger charge is -2.16. The third-order valence-corrected chi connectivity index (χ3v) is 2.79. The highest BCUT2D eigenvalue weighted by Gasteiger charge is 2.65. The van der Waals surface area contributed by atoms with Crippen molar-refractivity contribution in [1.29, 1.82) is 0 Å². The topological polar surface area (TPSA) is 81.2 Å². The van der Waals surface area contributed by atoms with Gasteiger partial charge in [-0.05, 0) is 17.5 Å². The number of aryl methyl sites for hydroxylation is 1. The number of nitrogens with one attached hydrogen (secondary N) is 2. The molecule has 1 aliphatic heterocycles. The molecule has 0 unspecified atom stereocenters. The number of aliphatic carboxylic acids is 1. The Bertz CT molecular complexity index is 470. The molecular weight excluding hydrogens is 249 g/mol. The van der Waals surface area contributed by atoms with Crippen LogP contribution in [-0.4, -0.2) is 17.3 Å². The fourth-order valence-electron chi connectivity index (χ4n) is 1.72. The van der Waals surface area contributed by atoms with Gasteiger partial charge in [0.25, 0.3) is 0 Å². The van der Waals surface area contributed by atoms with E-state index < -0.39 is 17.8 Å². The van der Waals surface area contributed by atoms with Crippen LogP contribution in [0.1, 0.15) is 17.5 Å². The molecule has 1 saturated heterocycles. The van der Waals surface area contributed by atoms with Gasteiger partial charge in [0.05, 0.1) is 0 Å². The fourth-order valence-corrected chi connectivity index (χ4v) is 1.72. The van der Waals surface area contributed by atoms with Crippen LogP contribution >= 0.6 is 0 Å². The third-order valence-electron chi connectivity index (χ3n) is 2.79. The summed E-state index contributed by atoms with van der Waals surface area (Å²) in [6.07, 6.45) is -4.35. The quantitative estimate of drug-likeness (QED) is 0.717. The van der Waals surface area contributed by atoms with Gasteiger partial charge >= 0.3 is 12.1 Å². The summed E-state index contributed by atoms with van der Waals surface area (Å²) in [7, 11) is 0. The van der Waals surface area contributed by atoms with E-state index in [2.05, 4.69) is 10.9 Å². The number of carboxylic acids is 1. The molecule has 1 aliphatic rings. The summed E-state index contributed by atoms with van der Waals surface area (Å²) < 4.78 is 38.4.